The number of aromatic nitrogens is 1. The van der Waals surface area contributed by atoms with Crippen LogP contribution in [0.3, 0.4) is 0 Å². The van der Waals surface area contributed by atoms with Crippen LogP contribution in [-0.4, -0.2) is 35.7 Å². The van der Waals surface area contributed by atoms with Gasteiger partial charge in [-0.25, -0.2) is 9.78 Å². The molecule has 1 aromatic heterocycles. The van der Waals surface area contributed by atoms with Gasteiger partial charge in [0.25, 0.3) is 0 Å². The fourth-order valence-electron chi connectivity index (χ4n) is 1.70. The molecule has 0 N–H and O–H groups in total. The summed E-state index contributed by atoms with van der Waals surface area (Å²) in [6.45, 7) is 5.36. The van der Waals surface area contributed by atoms with Crippen LogP contribution >= 0.6 is 0 Å². The van der Waals surface area contributed by atoms with E-state index in [9.17, 15) is 4.79 Å². The summed E-state index contributed by atoms with van der Waals surface area (Å²) in [4.78, 5) is 17.3. The molecule has 1 fully saturated rings. The Morgan fingerprint density at radius 3 is 3.00 bits per heavy atom. The van der Waals surface area contributed by atoms with Crippen LogP contribution in [0.5, 0.6) is 0 Å². The third kappa shape index (κ3) is 3.59. The number of aryl methyl sites for hydroxylation is 1. The number of allylic oxidation sites excluding steroid dienone is 1. The second-order valence-electron chi connectivity index (χ2n) is 4.29. The minimum atomic E-state index is -0.257. The van der Waals surface area contributed by atoms with Gasteiger partial charge in [0.15, 0.2) is 0 Å². The molecule has 2 rings (SSSR count). The van der Waals surface area contributed by atoms with Crippen molar-refractivity contribution in [3.05, 3.63) is 41.2 Å². The second-order valence-corrected chi connectivity index (χ2v) is 4.29. The number of rotatable bonds is 1. The lowest BCUT2D eigenvalue weighted by Gasteiger charge is -2.32. The van der Waals surface area contributed by atoms with Crippen LogP contribution in [0.25, 0.3) is 0 Å². The van der Waals surface area contributed by atoms with Crippen LogP contribution in [0.4, 0.5) is 4.79 Å². The van der Waals surface area contributed by atoms with Crippen molar-refractivity contribution in [3.8, 4) is 11.8 Å². The smallest absolute Gasteiger partial charge is 0.410 e. The van der Waals surface area contributed by atoms with Crippen molar-refractivity contribution in [2.45, 2.75) is 13.8 Å². The van der Waals surface area contributed by atoms with Crippen molar-refractivity contribution in [1.29, 1.82) is 0 Å². The fraction of sp³-hybridized carbons (Fsp3) is 0.333. The lowest BCUT2D eigenvalue weighted by Crippen LogP contribution is -2.44. The van der Waals surface area contributed by atoms with Crippen LogP contribution < -0.4 is 0 Å². The number of amides is 1. The van der Waals surface area contributed by atoms with Gasteiger partial charge in [0.2, 0.25) is 0 Å². The van der Waals surface area contributed by atoms with Crippen molar-refractivity contribution in [2.75, 3.05) is 19.7 Å². The molecule has 0 unspecified atom stereocenters. The van der Waals surface area contributed by atoms with Gasteiger partial charge < -0.3 is 9.64 Å². The van der Waals surface area contributed by atoms with Crippen molar-refractivity contribution in [2.24, 2.45) is 0 Å². The van der Waals surface area contributed by atoms with E-state index < -0.39 is 0 Å². The van der Waals surface area contributed by atoms with Crippen LogP contribution in [0.2, 0.25) is 0 Å². The molecule has 1 aromatic rings. The number of likely N-dealkylation sites (tertiary alicyclic amines) is 1. The molecule has 19 heavy (non-hydrogen) atoms. The molecule has 0 bridgehead atoms. The molecule has 0 atom stereocenters. The topological polar surface area (TPSA) is 42.4 Å². The normalized spacial score (nSPS) is 13.2. The monoisotopic (exact) mass is 256 g/mol. The molecule has 1 saturated heterocycles. The standard InChI is InChI=1S/C15H16N2O2/c1-3-19-15(18)17-10-13(11-17)7-5-9-14-8-4-6-12(2)16-14/h4,6-8H,3,10-11H2,1-2H3. The van der Waals surface area contributed by atoms with Gasteiger partial charge in [-0.1, -0.05) is 12.0 Å². The van der Waals surface area contributed by atoms with E-state index in [2.05, 4.69) is 16.8 Å². The third-order valence-electron chi connectivity index (χ3n) is 2.68. The molecule has 2 heterocycles. The van der Waals surface area contributed by atoms with Crippen molar-refractivity contribution < 1.29 is 9.53 Å². The summed E-state index contributed by atoms with van der Waals surface area (Å²) in [6.07, 6.45) is 1.59. The lowest BCUT2D eigenvalue weighted by molar-refractivity contribution is 0.101. The minimum absolute atomic E-state index is 0.257. The Bertz CT molecular complexity index is 559. The van der Waals surface area contributed by atoms with Gasteiger partial charge >= 0.3 is 6.09 Å². The molecule has 4 nitrogen and oxygen atoms in total. The maximum absolute atomic E-state index is 11.3. The highest BCUT2D eigenvalue weighted by molar-refractivity contribution is 5.70. The molecule has 0 aromatic carbocycles. The summed E-state index contributed by atoms with van der Waals surface area (Å²) in [5.41, 5.74) is 2.85. The first-order chi connectivity index (χ1) is 9.19. The third-order valence-corrected chi connectivity index (χ3v) is 2.68. The molecular weight excluding hydrogens is 240 g/mol. The van der Waals surface area contributed by atoms with Gasteiger partial charge in [0, 0.05) is 18.8 Å². The summed E-state index contributed by atoms with van der Waals surface area (Å²) in [7, 11) is 0. The largest absolute Gasteiger partial charge is 0.450 e. The Labute approximate surface area is 113 Å². The predicted molar refractivity (Wildman–Crippen MR) is 72.5 cm³/mol. The molecule has 1 aliphatic rings. The van der Waals surface area contributed by atoms with Crippen molar-refractivity contribution in [3.63, 3.8) is 0 Å². The van der Waals surface area contributed by atoms with E-state index in [4.69, 9.17) is 4.74 Å². The number of hydrogen-bond donors (Lipinski definition) is 0. The number of pyridine rings is 1. The van der Waals surface area contributed by atoms with Gasteiger partial charge in [-0.05, 0) is 43.5 Å². The maximum Gasteiger partial charge on any atom is 0.410 e. The van der Waals surface area contributed by atoms with E-state index in [1.54, 1.807) is 11.8 Å². The SMILES string of the molecule is CCOC(=O)N1CC(=CC#Cc2cccc(C)n2)C1. The first kappa shape index (κ1) is 13.2. The summed E-state index contributed by atoms with van der Waals surface area (Å²) < 4.78 is 4.89. The average Bonchev–Trinajstić information content (AvgIpc) is 2.32. The lowest BCUT2D eigenvalue weighted by atomic mass is 10.1. The van der Waals surface area contributed by atoms with Crippen molar-refractivity contribution >= 4 is 6.09 Å². The predicted octanol–water partition coefficient (Wildman–Crippen LogP) is 2.14. The molecule has 98 valence electrons. The fourth-order valence-corrected chi connectivity index (χ4v) is 1.70. The highest BCUT2D eigenvalue weighted by atomic mass is 16.6. The highest BCUT2D eigenvalue weighted by Crippen LogP contribution is 2.14. The summed E-state index contributed by atoms with van der Waals surface area (Å²) >= 11 is 0. The minimum Gasteiger partial charge on any atom is -0.450 e. The number of hydrogen-bond acceptors (Lipinski definition) is 3. The van der Waals surface area contributed by atoms with Crippen molar-refractivity contribution in [1.82, 2.24) is 9.88 Å². The average molecular weight is 256 g/mol. The highest BCUT2D eigenvalue weighted by Gasteiger charge is 2.25. The van der Waals surface area contributed by atoms with Crippen LogP contribution in [-0.2, 0) is 4.74 Å². The Morgan fingerprint density at radius 1 is 1.53 bits per heavy atom. The van der Waals surface area contributed by atoms with E-state index in [0.29, 0.717) is 19.7 Å². The molecule has 1 amide bonds. The van der Waals surface area contributed by atoms with Crippen LogP contribution in [0.1, 0.15) is 18.3 Å². The van der Waals surface area contributed by atoms with E-state index in [-0.39, 0.29) is 6.09 Å². The van der Waals surface area contributed by atoms with E-state index >= 15 is 0 Å². The van der Waals surface area contributed by atoms with E-state index in [1.165, 1.54) is 0 Å². The first-order valence-corrected chi connectivity index (χ1v) is 6.24. The molecule has 1 aliphatic heterocycles. The van der Waals surface area contributed by atoms with Gasteiger partial charge in [0.05, 0.1) is 6.61 Å². The second kappa shape index (κ2) is 6.05. The zero-order valence-corrected chi connectivity index (χ0v) is 11.1. The number of carbonyl (C=O) groups is 1. The Morgan fingerprint density at radius 2 is 2.32 bits per heavy atom. The number of carbonyl (C=O) groups excluding carboxylic acids is 1. The zero-order chi connectivity index (χ0) is 13.7. The summed E-state index contributed by atoms with van der Waals surface area (Å²) in [5, 5.41) is 0. The zero-order valence-electron chi connectivity index (χ0n) is 11.1. The number of ether oxygens (including phenoxy) is 1. The Balaban J connectivity index is 1.88. The molecule has 0 saturated carbocycles. The molecule has 0 spiro atoms. The van der Waals surface area contributed by atoms with Crippen LogP contribution in [0, 0.1) is 18.8 Å². The Kier molecular flexibility index (Phi) is 4.19. The summed E-state index contributed by atoms with van der Waals surface area (Å²) in [5.74, 6) is 5.95. The molecule has 0 aliphatic carbocycles. The van der Waals surface area contributed by atoms with Gasteiger partial charge in [-0.2, -0.15) is 0 Å². The number of nitrogens with zero attached hydrogens (tertiary/aromatic N) is 2. The van der Waals surface area contributed by atoms with E-state index in [0.717, 1.165) is 17.0 Å². The van der Waals surface area contributed by atoms with Gasteiger partial charge in [-0.15, -0.1) is 0 Å². The molecule has 4 heteroatoms. The maximum atomic E-state index is 11.3. The molecular formula is C15H16N2O2. The molecule has 0 radical (unpaired) electrons. The summed E-state index contributed by atoms with van der Waals surface area (Å²) in [6, 6.07) is 5.75. The quantitative estimate of drug-likeness (QED) is 0.723. The van der Waals surface area contributed by atoms with Gasteiger partial charge in [-0.3, -0.25) is 0 Å². The van der Waals surface area contributed by atoms with Gasteiger partial charge in [0.1, 0.15) is 5.69 Å². The van der Waals surface area contributed by atoms with Crippen LogP contribution in [0.15, 0.2) is 29.8 Å². The van der Waals surface area contributed by atoms with E-state index in [1.807, 2.05) is 31.2 Å². The first-order valence-electron chi connectivity index (χ1n) is 6.24. The Hall–Kier alpha value is -2.28.